The van der Waals surface area contributed by atoms with Gasteiger partial charge in [-0.3, -0.25) is 4.79 Å². The SMILES string of the molecule is C[C@H](NC(=O)c1cc(Br)ccc1OC(F)F)[C@@H]1C[C@H]2CC[C@H]1C2. The van der Waals surface area contributed by atoms with Gasteiger partial charge in [0.2, 0.25) is 0 Å². The van der Waals surface area contributed by atoms with Gasteiger partial charge in [0.15, 0.2) is 0 Å². The summed E-state index contributed by atoms with van der Waals surface area (Å²) in [5.41, 5.74) is 0.134. The van der Waals surface area contributed by atoms with Crippen molar-refractivity contribution in [1.29, 1.82) is 0 Å². The lowest BCUT2D eigenvalue weighted by molar-refractivity contribution is -0.0501. The van der Waals surface area contributed by atoms with Gasteiger partial charge in [-0.25, -0.2) is 0 Å². The van der Waals surface area contributed by atoms with Crippen molar-refractivity contribution < 1.29 is 18.3 Å². The van der Waals surface area contributed by atoms with E-state index >= 15 is 0 Å². The maximum absolute atomic E-state index is 12.5. The number of hydrogen-bond donors (Lipinski definition) is 1. The van der Waals surface area contributed by atoms with Crippen LogP contribution in [0.25, 0.3) is 0 Å². The maximum Gasteiger partial charge on any atom is 0.387 e. The summed E-state index contributed by atoms with van der Waals surface area (Å²) in [5, 5.41) is 2.98. The van der Waals surface area contributed by atoms with Gasteiger partial charge in [0.05, 0.1) is 5.56 Å². The van der Waals surface area contributed by atoms with Gasteiger partial charge in [0, 0.05) is 10.5 Å². The average molecular weight is 388 g/mol. The molecule has 1 N–H and O–H groups in total. The first-order valence-corrected chi connectivity index (χ1v) is 8.78. The predicted octanol–water partition coefficient (Wildman–Crippen LogP) is 4.61. The van der Waals surface area contributed by atoms with Gasteiger partial charge >= 0.3 is 6.61 Å². The number of benzene rings is 1. The van der Waals surface area contributed by atoms with Gasteiger partial charge in [-0.15, -0.1) is 0 Å². The average Bonchev–Trinajstić information content (AvgIpc) is 3.11. The number of halogens is 3. The molecule has 0 heterocycles. The van der Waals surface area contributed by atoms with Crippen LogP contribution in [-0.2, 0) is 0 Å². The summed E-state index contributed by atoms with van der Waals surface area (Å²) in [5.74, 6) is 1.52. The topological polar surface area (TPSA) is 38.3 Å². The Balaban J connectivity index is 1.71. The van der Waals surface area contributed by atoms with Crippen LogP contribution in [0.4, 0.5) is 8.78 Å². The van der Waals surface area contributed by atoms with E-state index in [0.717, 1.165) is 12.3 Å². The third kappa shape index (κ3) is 3.67. The lowest BCUT2D eigenvalue weighted by Crippen LogP contribution is -2.40. The van der Waals surface area contributed by atoms with Crippen LogP contribution in [0.2, 0.25) is 0 Å². The fourth-order valence-electron chi connectivity index (χ4n) is 4.18. The Bertz CT molecular complexity index is 596. The highest BCUT2D eigenvalue weighted by atomic mass is 79.9. The van der Waals surface area contributed by atoms with E-state index in [4.69, 9.17) is 0 Å². The Hall–Kier alpha value is -1.17. The fourth-order valence-corrected chi connectivity index (χ4v) is 4.54. The van der Waals surface area contributed by atoms with E-state index in [-0.39, 0.29) is 23.3 Å². The summed E-state index contributed by atoms with van der Waals surface area (Å²) in [6.07, 6.45) is 4.97. The van der Waals surface area contributed by atoms with Crippen molar-refractivity contribution in [3.8, 4) is 5.75 Å². The Morgan fingerprint density at radius 1 is 1.35 bits per heavy atom. The van der Waals surface area contributed by atoms with E-state index in [1.165, 1.54) is 31.4 Å². The number of ether oxygens (including phenoxy) is 1. The third-order valence-corrected chi connectivity index (χ3v) is 5.69. The van der Waals surface area contributed by atoms with E-state index in [1.54, 1.807) is 6.07 Å². The molecule has 2 saturated carbocycles. The largest absolute Gasteiger partial charge is 0.434 e. The van der Waals surface area contributed by atoms with Crippen LogP contribution in [0.1, 0.15) is 43.0 Å². The molecule has 1 aromatic rings. The molecule has 1 amide bonds. The van der Waals surface area contributed by atoms with Gasteiger partial charge in [-0.2, -0.15) is 8.78 Å². The first kappa shape index (κ1) is 16.7. The second-order valence-electron chi connectivity index (χ2n) is 6.62. The van der Waals surface area contributed by atoms with Crippen molar-refractivity contribution >= 4 is 21.8 Å². The van der Waals surface area contributed by atoms with Gasteiger partial charge in [-0.1, -0.05) is 22.4 Å². The summed E-state index contributed by atoms with van der Waals surface area (Å²) >= 11 is 3.27. The molecule has 2 aliphatic carbocycles. The Morgan fingerprint density at radius 2 is 2.13 bits per heavy atom. The Kier molecular flexibility index (Phi) is 4.90. The normalized spacial score (nSPS) is 27.3. The Morgan fingerprint density at radius 3 is 2.74 bits per heavy atom. The summed E-state index contributed by atoms with van der Waals surface area (Å²) in [7, 11) is 0. The van der Waals surface area contributed by atoms with Crippen molar-refractivity contribution in [2.24, 2.45) is 17.8 Å². The monoisotopic (exact) mass is 387 g/mol. The molecule has 0 radical (unpaired) electrons. The molecule has 126 valence electrons. The fraction of sp³-hybridized carbons (Fsp3) is 0.588. The van der Waals surface area contributed by atoms with Crippen LogP contribution < -0.4 is 10.1 Å². The number of rotatable bonds is 5. The first-order chi connectivity index (χ1) is 10.9. The minimum absolute atomic E-state index is 0.0381. The van der Waals surface area contributed by atoms with Crippen LogP contribution >= 0.6 is 15.9 Å². The van der Waals surface area contributed by atoms with Crippen LogP contribution in [0, 0.1) is 17.8 Å². The number of alkyl halides is 2. The zero-order chi connectivity index (χ0) is 16.6. The molecule has 2 fully saturated rings. The molecule has 1 aromatic carbocycles. The summed E-state index contributed by atoms with van der Waals surface area (Å²) in [6, 6.07) is 4.51. The maximum atomic E-state index is 12.5. The second-order valence-corrected chi connectivity index (χ2v) is 7.54. The number of nitrogens with one attached hydrogen (secondary N) is 1. The highest BCUT2D eigenvalue weighted by Crippen LogP contribution is 2.49. The van der Waals surface area contributed by atoms with Gasteiger partial charge in [0.1, 0.15) is 5.75 Å². The molecule has 0 aromatic heterocycles. The molecule has 0 saturated heterocycles. The molecule has 0 unspecified atom stereocenters. The van der Waals surface area contributed by atoms with Crippen LogP contribution in [-0.4, -0.2) is 18.6 Å². The summed E-state index contributed by atoms with van der Waals surface area (Å²) in [6.45, 7) is -0.944. The molecule has 23 heavy (non-hydrogen) atoms. The van der Waals surface area contributed by atoms with Crippen molar-refractivity contribution in [1.82, 2.24) is 5.32 Å². The number of hydrogen-bond acceptors (Lipinski definition) is 2. The first-order valence-electron chi connectivity index (χ1n) is 7.99. The standard InChI is InChI=1S/C17H20BrF2NO2/c1-9(13-7-10-2-3-11(13)6-10)21-16(22)14-8-12(18)4-5-15(14)23-17(19)20/h4-5,8-11,13,17H,2-3,6-7H2,1H3,(H,21,22)/t9-,10-,11-,13-/m0/s1. The van der Waals surface area contributed by atoms with Gasteiger partial charge in [-0.05, 0) is 62.1 Å². The molecule has 3 nitrogen and oxygen atoms in total. The molecule has 0 spiro atoms. The number of carbonyl (C=O) groups is 1. The number of carbonyl (C=O) groups excluding carboxylic acids is 1. The van der Waals surface area contributed by atoms with Gasteiger partial charge in [0.25, 0.3) is 5.91 Å². The molecular weight excluding hydrogens is 368 g/mol. The van der Waals surface area contributed by atoms with Crippen molar-refractivity contribution in [3.63, 3.8) is 0 Å². The van der Waals surface area contributed by atoms with E-state index in [1.807, 2.05) is 6.92 Å². The zero-order valence-electron chi connectivity index (χ0n) is 12.9. The third-order valence-electron chi connectivity index (χ3n) is 5.20. The van der Waals surface area contributed by atoms with E-state index in [9.17, 15) is 13.6 Å². The minimum atomic E-state index is -2.95. The molecule has 2 aliphatic rings. The highest BCUT2D eigenvalue weighted by molar-refractivity contribution is 9.10. The molecule has 3 rings (SSSR count). The van der Waals surface area contributed by atoms with Crippen LogP contribution in [0.5, 0.6) is 5.75 Å². The zero-order valence-corrected chi connectivity index (χ0v) is 14.5. The van der Waals surface area contributed by atoms with Crippen molar-refractivity contribution in [3.05, 3.63) is 28.2 Å². The number of amides is 1. The van der Waals surface area contributed by atoms with E-state index < -0.39 is 6.61 Å². The minimum Gasteiger partial charge on any atom is -0.434 e. The summed E-state index contributed by atoms with van der Waals surface area (Å²) < 4.78 is 30.1. The smallest absolute Gasteiger partial charge is 0.387 e. The van der Waals surface area contributed by atoms with Crippen LogP contribution in [0.3, 0.4) is 0 Å². The van der Waals surface area contributed by atoms with E-state index in [2.05, 4.69) is 26.0 Å². The molecular formula is C17H20BrF2NO2. The lowest BCUT2D eigenvalue weighted by atomic mass is 9.84. The molecule has 0 aliphatic heterocycles. The van der Waals surface area contributed by atoms with Crippen molar-refractivity contribution in [2.75, 3.05) is 0 Å². The van der Waals surface area contributed by atoms with Crippen LogP contribution in [0.15, 0.2) is 22.7 Å². The predicted molar refractivity (Wildman–Crippen MR) is 86.6 cm³/mol. The molecule has 2 bridgehead atoms. The highest BCUT2D eigenvalue weighted by Gasteiger charge is 2.42. The van der Waals surface area contributed by atoms with E-state index in [0.29, 0.717) is 16.3 Å². The second kappa shape index (κ2) is 6.75. The summed E-state index contributed by atoms with van der Waals surface area (Å²) in [4.78, 5) is 12.5. The van der Waals surface area contributed by atoms with Gasteiger partial charge < -0.3 is 10.1 Å². The number of fused-ring (bicyclic) bond motifs is 2. The molecule has 4 atom stereocenters. The quantitative estimate of drug-likeness (QED) is 0.801. The Labute approximate surface area is 142 Å². The lowest BCUT2D eigenvalue weighted by Gasteiger charge is -2.28. The molecule has 6 heteroatoms. The van der Waals surface area contributed by atoms with Crippen molar-refractivity contribution in [2.45, 2.75) is 45.3 Å².